The molecule has 4 rings (SSSR count). The van der Waals surface area contributed by atoms with Crippen molar-refractivity contribution < 1.29 is 14.3 Å². The number of thiophene rings is 1. The van der Waals surface area contributed by atoms with Crippen LogP contribution in [0.5, 0.6) is 0 Å². The second-order valence-electron chi connectivity index (χ2n) is 6.78. The number of esters is 1. The molecule has 0 radical (unpaired) electrons. The van der Waals surface area contributed by atoms with Crippen LogP contribution in [0.1, 0.15) is 23.4 Å². The number of nitrogens with zero attached hydrogens (tertiary/aromatic N) is 2. The highest BCUT2D eigenvalue weighted by atomic mass is 35.5. The number of fused-ring (bicyclic) bond motifs is 1. The first kappa shape index (κ1) is 21.7. The van der Waals surface area contributed by atoms with Gasteiger partial charge in [-0.1, -0.05) is 41.1 Å². The van der Waals surface area contributed by atoms with Crippen LogP contribution in [0.4, 0.5) is 0 Å². The molecule has 0 amide bonds. The third-order valence-corrected chi connectivity index (χ3v) is 6.86. The lowest BCUT2D eigenvalue weighted by Crippen LogP contribution is -2.39. The topological polar surface area (TPSA) is 69.9 Å². The fourth-order valence-electron chi connectivity index (χ4n) is 3.34. The van der Waals surface area contributed by atoms with Crippen molar-refractivity contribution >= 4 is 46.3 Å². The van der Waals surface area contributed by atoms with Gasteiger partial charge in [0.15, 0.2) is 4.80 Å². The Morgan fingerprint density at radius 1 is 1.29 bits per heavy atom. The van der Waals surface area contributed by atoms with E-state index in [4.69, 9.17) is 21.1 Å². The number of benzene rings is 1. The lowest BCUT2D eigenvalue weighted by Gasteiger charge is -2.23. The zero-order chi connectivity index (χ0) is 22.0. The normalized spacial score (nSPS) is 16.2. The van der Waals surface area contributed by atoms with Gasteiger partial charge in [-0.25, -0.2) is 9.79 Å². The van der Waals surface area contributed by atoms with E-state index in [9.17, 15) is 9.59 Å². The van der Waals surface area contributed by atoms with E-state index in [1.165, 1.54) is 29.8 Å². The highest BCUT2D eigenvalue weighted by molar-refractivity contribution is 7.10. The van der Waals surface area contributed by atoms with E-state index in [1.807, 2.05) is 29.6 Å². The number of carbonyl (C=O) groups excluding carboxylic acids is 1. The number of methoxy groups -OCH3 is 1. The minimum Gasteiger partial charge on any atom is -0.460 e. The maximum Gasteiger partial charge on any atom is 0.338 e. The lowest BCUT2D eigenvalue weighted by atomic mass is 10.0. The number of rotatable bonds is 6. The van der Waals surface area contributed by atoms with Crippen molar-refractivity contribution in [2.24, 2.45) is 4.99 Å². The summed E-state index contributed by atoms with van der Waals surface area (Å²) in [4.78, 5) is 32.3. The maximum absolute atomic E-state index is 13.4. The smallest absolute Gasteiger partial charge is 0.338 e. The Kier molecular flexibility index (Phi) is 6.52. The van der Waals surface area contributed by atoms with Crippen LogP contribution in [-0.2, 0) is 14.3 Å². The van der Waals surface area contributed by atoms with Crippen molar-refractivity contribution in [3.63, 3.8) is 0 Å². The summed E-state index contributed by atoms with van der Waals surface area (Å²) in [7, 11) is 1.54. The zero-order valence-corrected chi connectivity index (χ0v) is 19.2. The van der Waals surface area contributed by atoms with E-state index in [0.717, 1.165) is 10.4 Å². The molecule has 0 spiro atoms. The highest BCUT2D eigenvalue weighted by Gasteiger charge is 2.33. The van der Waals surface area contributed by atoms with Crippen molar-refractivity contribution in [3.05, 3.63) is 88.2 Å². The van der Waals surface area contributed by atoms with Gasteiger partial charge in [0.2, 0.25) is 0 Å². The third kappa shape index (κ3) is 4.43. The van der Waals surface area contributed by atoms with Gasteiger partial charge in [0.05, 0.1) is 22.4 Å². The summed E-state index contributed by atoms with van der Waals surface area (Å²) in [5.41, 5.74) is 1.51. The second-order valence-corrected chi connectivity index (χ2v) is 9.21. The molecule has 0 saturated heterocycles. The Morgan fingerprint density at radius 2 is 2.13 bits per heavy atom. The Morgan fingerprint density at radius 3 is 2.84 bits per heavy atom. The Labute approximate surface area is 191 Å². The molecule has 0 saturated carbocycles. The van der Waals surface area contributed by atoms with Gasteiger partial charge < -0.3 is 9.47 Å². The molecular formula is C22H19ClN2O4S2. The van der Waals surface area contributed by atoms with Crippen molar-refractivity contribution in [1.29, 1.82) is 0 Å². The number of allylic oxidation sites excluding steroid dienone is 1. The van der Waals surface area contributed by atoms with E-state index in [1.54, 1.807) is 29.7 Å². The van der Waals surface area contributed by atoms with Gasteiger partial charge in [-0.2, -0.15) is 0 Å². The fourth-order valence-corrected chi connectivity index (χ4v) is 5.41. The predicted octanol–water partition coefficient (Wildman–Crippen LogP) is 3.14. The van der Waals surface area contributed by atoms with Crippen molar-refractivity contribution in [3.8, 4) is 0 Å². The van der Waals surface area contributed by atoms with Crippen molar-refractivity contribution in [2.75, 3.05) is 20.3 Å². The number of thiazole rings is 1. The summed E-state index contributed by atoms with van der Waals surface area (Å²) in [5, 5.41) is 2.51. The number of hydrogen-bond acceptors (Lipinski definition) is 7. The molecule has 0 fully saturated rings. The molecule has 31 heavy (non-hydrogen) atoms. The van der Waals surface area contributed by atoms with Gasteiger partial charge >= 0.3 is 5.97 Å². The highest BCUT2D eigenvalue weighted by Crippen LogP contribution is 2.33. The van der Waals surface area contributed by atoms with Crippen LogP contribution in [-0.4, -0.2) is 30.9 Å². The number of hydrogen-bond donors (Lipinski definition) is 0. The average Bonchev–Trinajstić information content (AvgIpc) is 3.36. The summed E-state index contributed by atoms with van der Waals surface area (Å²) in [6.07, 6.45) is 1.79. The maximum atomic E-state index is 13.4. The average molecular weight is 475 g/mol. The number of halogens is 1. The largest absolute Gasteiger partial charge is 0.460 e. The van der Waals surface area contributed by atoms with E-state index in [-0.39, 0.29) is 12.2 Å². The minimum atomic E-state index is -0.590. The molecule has 1 aromatic carbocycles. The molecule has 1 aliphatic rings. The summed E-state index contributed by atoms with van der Waals surface area (Å²) >= 11 is 8.85. The van der Waals surface area contributed by atoms with Gasteiger partial charge in [0.1, 0.15) is 12.6 Å². The van der Waals surface area contributed by atoms with Crippen LogP contribution in [0.15, 0.2) is 62.8 Å². The number of ether oxygens (including phenoxy) is 2. The van der Waals surface area contributed by atoms with Gasteiger partial charge in [-0.15, -0.1) is 11.3 Å². The fraction of sp³-hybridized carbons (Fsp3) is 0.227. The number of aromatic nitrogens is 1. The Balaban J connectivity index is 1.86. The Hall–Kier alpha value is -2.52. The second kappa shape index (κ2) is 9.32. The van der Waals surface area contributed by atoms with Crippen molar-refractivity contribution in [1.82, 2.24) is 4.57 Å². The molecule has 0 bridgehead atoms. The van der Waals surface area contributed by atoms with Crippen LogP contribution in [0.25, 0.3) is 6.08 Å². The molecule has 0 N–H and O–H groups in total. The molecule has 0 aliphatic carbocycles. The molecule has 6 nitrogen and oxygen atoms in total. The van der Waals surface area contributed by atoms with E-state index in [0.29, 0.717) is 32.2 Å². The first-order valence-electron chi connectivity index (χ1n) is 9.47. The molecule has 2 aromatic heterocycles. The van der Waals surface area contributed by atoms with E-state index in [2.05, 4.69) is 4.99 Å². The van der Waals surface area contributed by atoms with Crippen LogP contribution in [0.3, 0.4) is 0 Å². The van der Waals surface area contributed by atoms with Crippen LogP contribution in [0, 0.1) is 0 Å². The molecule has 1 aliphatic heterocycles. The van der Waals surface area contributed by atoms with Gasteiger partial charge in [-0.05, 0) is 42.1 Å². The molecular weight excluding hydrogens is 456 g/mol. The zero-order valence-electron chi connectivity index (χ0n) is 16.8. The molecule has 3 heterocycles. The summed E-state index contributed by atoms with van der Waals surface area (Å²) < 4.78 is 12.4. The SMILES string of the molecule is COCCOC(=O)C1=C(C)N=c2s/c(=C/c3cccc(Cl)c3)c(=O)n2[C@H]1c1cccs1. The summed E-state index contributed by atoms with van der Waals surface area (Å²) in [5.74, 6) is -0.499. The van der Waals surface area contributed by atoms with E-state index < -0.39 is 12.0 Å². The molecule has 0 unspecified atom stereocenters. The quantitative estimate of drug-likeness (QED) is 0.406. The Bertz CT molecular complexity index is 1320. The molecule has 160 valence electrons. The third-order valence-electron chi connectivity index (χ3n) is 4.72. The van der Waals surface area contributed by atoms with Crippen LogP contribution in [0.2, 0.25) is 5.02 Å². The first-order valence-corrected chi connectivity index (χ1v) is 11.5. The monoisotopic (exact) mass is 474 g/mol. The van der Waals surface area contributed by atoms with Gasteiger partial charge in [-0.3, -0.25) is 9.36 Å². The predicted molar refractivity (Wildman–Crippen MR) is 122 cm³/mol. The first-order chi connectivity index (χ1) is 15.0. The number of carbonyl (C=O) groups is 1. The van der Waals surface area contributed by atoms with Crippen LogP contribution >= 0.6 is 34.3 Å². The van der Waals surface area contributed by atoms with E-state index >= 15 is 0 Å². The minimum absolute atomic E-state index is 0.127. The van der Waals surface area contributed by atoms with Crippen LogP contribution < -0.4 is 14.9 Å². The molecule has 1 atom stereocenters. The van der Waals surface area contributed by atoms with Crippen molar-refractivity contribution in [2.45, 2.75) is 13.0 Å². The van der Waals surface area contributed by atoms with Gasteiger partial charge in [0, 0.05) is 17.0 Å². The standard InChI is InChI=1S/C22H19ClN2O4S2/c1-13-18(21(27)29-9-8-28-2)19(16-7-4-10-30-16)25-20(26)17(31-22(25)24-13)12-14-5-3-6-15(23)11-14/h3-7,10-12,19H,8-9H2,1-2H3/b17-12+/t19-/m0/s1. The molecule has 3 aromatic rings. The molecule has 9 heteroatoms. The van der Waals surface area contributed by atoms with Gasteiger partial charge in [0.25, 0.3) is 5.56 Å². The summed E-state index contributed by atoms with van der Waals surface area (Å²) in [6.45, 7) is 2.19. The summed E-state index contributed by atoms with van der Waals surface area (Å²) in [6, 6.07) is 10.5. The lowest BCUT2D eigenvalue weighted by molar-refractivity contribution is -0.140.